The Kier molecular flexibility index (Phi) is 6.25. The molecule has 29 heavy (non-hydrogen) atoms. The number of carbonyl (C=O) groups excluding carboxylic acids is 1. The van der Waals surface area contributed by atoms with E-state index in [1.54, 1.807) is 42.5 Å². The van der Waals surface area contributed by atoms with Gasteiger partial charge in [-0.2, -0.15) is 8.42 Å². The van der Waals surface area contributed by atoms with Crippen LogP contribution >= 0.6 is 0 Å². The largest absolute Gasteiger partial charge is 0.352 e. The maximum Gasteiger partial charge on any atom is 0.296 e. The summed E-state index contributed by atoms with van der Waals surface area (Å²) in [6.45, 7) is 0.254. The maximum absolute atomic E-state index is 12.1. The van der Waals surface area contributed by atoms with Gasteiger partial charge in [0, 0.05) is 19.4 Å². The van der Waals surface area contributed by atoms with Crippen molar-refractivity contribution in [2.45, 2.75) is 25.8 Å². The van der Waals surface area contributed by atoms with Gasteiger partial charge in [0.1, 0.15) is 5.82 Å². The minimum absolute atomic E-state index is 0.155. The van der Waals surface area contributed by atoms with Crippen molar-refractivity contribution in [3.8, 4) is 0 Å². The van der Waals surface area contributed by atoms with Crippen LogP contribution in [0.3, 0.4) is 0 Å². The third kappa shape index (κ3) is 6.13. The molecule has 1 heterocycles. The highest BCUT2D eigenvalue weighted by atomic mass is 32.2. The van der Waals surface area contributed by atoms with E-state index in [9.17, 15) is 18.0 Å². The van der Waals surface area contributed by atoms with Gasteiger partial charge in [0.05, 0.1) is 16.6 Å². The van der Waals surface area contributed by atoms with Crippen molar-refractivity contribution in [1.29, 1.82) is 0 Å². The lowest BCUT2D eigenvalue weighted by atomic mass is 10.2. The topological polar surface area (TPSA) is 147 Å². The van der Waals surface area contributed by atoms with Crippen molar-refractivity contribution in [2.24, 2.45) is 5.14 Å². The summed E-state index contributed by atoms with van der Waals surface area (Å²) >= 11 is 0. The smallest absolute Gasteiger partial charge is 0.296 e. The molecule has 152 valence electrons. The van der Waals surface area contributed by atoms with Crippen molar-refractivity contribution < 1.29 is 13.2 Å². The van der Waals surface area contributed by atoms with Crippen molar-refractivity contribution in [3.63, 3.8) is 0 Å². The number of nitrogens with two attached hydrogens (primary N) is 1. The van der Waals surface area contributed by atoms with Crippen LogP contribution in [0.2, 0.25) is 0 Å². The lowest BCUT2D eigenvalue weighted by Crippen LogP contribution is -2.23. The van der Waals surface area contributed by atoms with E-state index in [4.69, 9.17) is 5.14 Å². The summed E-state index contributed by atoms with van der Waals surface area (Å²) in [7, 11) is -3.85. The molecular formula is C19H21N5O4S. The molecule has 3 aromatic rings. The number of fused-ring (bicyclic) bond motifs is 1. The molecule has 0 radical (unpaired) electrons. The number of rotatable bonds is 8. The number of aromatic amines is 1. The molecule has 0 aliphatic carbocycles. The van der Waals surface area contributed by atoms with Crippen LogP contribution in [0.25, 0.3) is 10.9 Å². The molecule has 0 aliphatic rings. The third-order valence-corrected chi connectivity index (χ3v) is 4.68. The zero-order valence-corrected chi connectivity index (χ0v) is 16.3. The van der Waals surface area contributed by atoms with Gasteiger partial charge in [-0.25, -0.2) is 10.1 Å². The molecule has 0 fully saturated rings. The normalized spacial score (nSPS) is 11.3. The number of aryl methyl sites for hydroxylation is 1. The van der Waals surface area contributed by atoms with Crippen LogP contribution in [0.15, 0.2) is 53.3 Å². The summed E-state index contributed by atoms with van der Waals surface area (Å²) in [4.78, 5) is 31.3. The quantitative estimate of drug-likeness (QED) is 0.436. The molecule has 0 unspecified atom stereocenters. The Labute approximate surface area is 167 Å². The summed E-state index contributed by atoms with van der Waals surface area (Å²) in [5.41, 5.74) is 1.49. The molecule has 0 bridgehead atoms. The van der Waals surface area contributed by atoms with E-state index in [1.165, 1.54) is 0 Å². The van der Waals surface area contributed by atoms with Crippen LogP contribution in [0, 0.1) is 0 Å². The van der Waals surface area contributed by atoms with E-state index in [1.807, 2.05) is 6.07 Å². The van der Waals surface area contributed by atoms with Crippen molar-refractivity contribution in [1.82, 2.24) is 15.3 Å². The second-order valence-corrected chi connectivity index (χ2v) is 7.80. The van der Waals surface area contributed by atoms with E-state index >= 15 is 0 Å². The second-order valence-electron chi connectivity index (χ2n) is 6.51. The predicted molar refractivity (Wildman–Crippen MR) is 110 cm³/mol. The SMILES string of the molecule is NS(=O)(=O)Nc1cccc(CNC(=O)CCCc2nc3ccccc3c(=O)[nH]2)c1. The first-order valence-electron chi connectivity index (χ1n) is 8.94. The monoisotopic (exact) mass is 415 g/mol. The van der Waals surface area contributed by atoms with Crippen LogP contribution in [0.4, 0.5) is 5.69 Å². The molecule has 1 amide bonds. The average Bonchev–Trinajstić information content (AvgIpc) is 2.65. The highest BCUT2D eigenvalue weighted by Gasteiger charge is 2.07. The number of nitrogens with zero attached hydrogens (tertiary/aromatic N) is 1. The van der Waals surface area contributed by atoms with Crippen molar-refractivity contribution in [3.05, 3.63) is 70.3 Å². The first-order valence-corrected chi connectivity index (χ1v) is 10.5. The van der Waals surface area contributed by atoms with Gasteiger partial charge < -0.3 is 10.3 Å². The molecule has 1 aromatic heterocycles. The van der Waals surface area contributed by atoms with E-state index in [0.717, 1.165) is 5.56 Å². The van der Waals surface area contributed by atoms with Gasteiger partial charge in [0.2, 0.25) is 5.91 Å². The Morgan fingerprint density at radius 1 is 1.14 bits per heavy atom. The third-order valence-electron chi connectivity index (χ3n) is 4.16. The fourth-order valence-corrected chi connectivity index (χ4v) is 3.32. The molecule has 0 saturated carbocycles. The number of anilines is 1. The molecule has 10 heteroatoms. The second kappa shape index (κ2) is 8.84. The van der Waals surface area contributed by atoms with Crippen LogP contribution in [0.5, 0.6) is 0 Å². The lowest BCUT2D eigenvalue weighted by molar-refractivity contribution is -0.121. The van der Waals surface area contributed by atoms with Gasteiger partial charge >= 0.3 is 0 Å². The zero-order valence-electron chi connectivity index (χ0n) is 15.5. The van der Waals surface area contributed by atoms with Gasteiger partial charge in [-0.05, 0) is 36.2 Å². The highest BCUT2D eigenvalue weighted by molar-refractivity contribution is 7.90. The van der Waals surface area contributed by atoms with E-state index in [0.29, 0.717) is 35.3 Å². The first kappa shape index (κ1) is 20.5. The number of benzene rings is 2. The number of para-hydroxylation sites is 1. The van der Waals surface area contributed by atoms with Crippen LogP contribution in [-0.2, 0) is 28.0 Å². The summed E-state index contributed by atoms with van der Waals surface area (Å²) in [5.74, 6) is 0.390. The van der Waals surface area contributed by atoms with E-state index in [2.05, 4.69) is 20.0 Å². The summed E-state index contributed by atoms with van der Waals surface area (Å²) in [5, 5.41) is 8.26. The fourth-order valence-electron chi connectivity index (χ4n) is 2.87. The van der Waals surface area contributed by atoms with Crippen LogP contribution in [0.1, 0.15) is 24.2 Å². The van der Waals surface area contributed by atoms with Crippen LogP contribution in [-0.4, -0.2) is 24.3 Å². The highest BCUT2D eigenvalue weighted by Crippen LogP contribution is 2.11. The van der Waals surface area contributed by atoms with Gasteiger partial charge in [0.25, 0.3) is 15.8 Å². The van der Waals surface area contributed by atoms with Crippen molar-refractivity contribution >= 4 is 32.7 Å². The van der Waals surface area contributed by atoms with Gasteiger partial charge in [-0.3, -0.25) is 14.3 Å². The minimum atomic E-state index is -3.85. The Bertz CT molecular complexity index is 1190. The number of aromatic nitrogens is 2. The number of hydrogen-bond acceptors (Lipinski definition) is 5. The number of hydrogen-bond donors (Lipinski definition) is 4. The number of H-pyrrole nitrogens is 1. The Morgan fingerprint density at radius 2 is 1.93 bits per heavy atom. The molecule has 9 nitrogen and oxygen atoms in total. The molecule has 3 rings (SSSR count). The minimum Gasteiger partial charge on any atom is -0.352 e. The predicted octanol–water partition coefficient (Wildman–Crippen LogP) is 1.18. The van der Waals surface area contributed by atoms with Crippen molar-refractivity contribution in [2.75, 3.05) is 4.72 Å². The molecule has 2 aromatic carbocycles. The Hall–Kier alpha value is -3.24. The molecule has 5 N–H and O–H groups in total. The fraction of sp³-hybridized carbons (Fsp3) is 0.211. The summed E-state index contributed by atoms with van der Waals surface area (Å²) < 4.78 is 24.3. The maximum atomic E-state index is 12.1. The summed E-state index contributed by atoms with van der Waals surface area (Å²) in [6, 6.07) is 13.7. The molecule has 0 spiro atoms. The average molecular weight is 415 g/mol. The number of carbonyl (C=O) groups is 1. The van der Waals surface area contributed by atoms with E-state index in [-0.39, 0.29) is 24.4 Å². The molecule has 0 atom stereocenters. The Balaban J connectivity index is 1.50. The van der Waals surface area contributed by atoms with Gasteiger partial charge in [-0.15, -0.1) is 0 Å². The van der Waals surface area contributed by atoms with Crippen LogP contribution < -0.4 is 20.7 Å². The lowest BCUT2D eigenvalue weighted by Gasteiger charge is -2.08. The summed E-state index contributed by atoms with van der Waals surface area (Å²) in [6.07, 6.45) is 1.27. The molecule has 0 saturated heterocycles. The number of nitrogens with one attached hydrogen (secondary N) is 3. The van der Waals surface area contributed by atoms with Gasteiger partial charge in [-0.1, -0.05) is 24.3 Å². The van der Waals surface area contributed by atoms with Gasteiger partial charge in [0.15, 0.2) is 0 Å². The number of amides is 1. The molecular weight excluding hydrogens is 394 g/mol. The zero-order chi connectivity index (χ0) is 20.9. The molecule has 0 aliphatic heterocycles. The Morgan fingerprint density at radius 3 is 2.72 bits per heavy atom. The van der Waals surface area contributed by atoms with E-state index < -0.39 is 10.2 Å². The standard InChI is InChI=1S/C19H21N5O4S/c20-29(27,28)24-14-6-3-5-13(11-14)12-21-18(25)10-4-9-17-22-16-8-2-1-7-15(16)19(26)23-17/h1-3,5-8,11,24H,4,9-10,12H2,(H,21,25)(H2,20,27,28)(H,22,23,26). The first-order chi connectivity index (χ1) is 13.8.